The zero-order valence-electron chi connectivity index (χ0n) is 10.2. The van der Waals surface area contributed by atoms with Crippen LogP contribution in [-0.2, 0) is 16.4 Å². The Morgan fingerprint density at radius 1 is 1.42 bits per heavy atom. The lowest BCUT2D eigenvalue weighted by Crippen LogP contribution is -2.13. The Bertz CT molecular complexity index is 724. The predicted octanol–water partition coefficient (Wildman–Crippen LogP) is 1.62. The summed E-state index contributed by atoms with van der Waals surface area (Å²) in [7, 11) is -3.59. The zero-order chi connectivity index (χ0) is 13.5. The highest BCUT2D eigenvalue weighted by Crippen LogP contribution is 2.26. The van der Waals surface area contributed by atoms with Gasteiger partial charge in [0.15, 0.2) is 0 Å². The highest BCUT2D eigenvalue weighted by molar-refractivity contribution is 7.93. The third-order valence-electron chi connectivity index (χ3n) is 2.85. The topological polar surface area (TPSA) is 84.0 Å². The highest BCUT2D eigenvalue weighted by Gasteiger charge is 2.19. The molecule has 0 unspecified atom stereocenters. The van der Waals surface area contributed by atoms with E-state index in [1.165, 1.54) is 0 Å². The second-order valence-electron chi connectivity index (χ2n) is 4.25. The molecule has 0 aliphatic carbocycles. The first-order chi connectivity index (χ1) is 9.04. The lowest BCUT2D eigenvalue weighted by Gasteiger charge is -2.06. The van der Waals surface area contributed by atoms with Crippen molar-refractivity contribution in [1.29, 1.82) is 0 Å². The van der Waals surface area contributed by atoms with Crippen LogP contribution < -0.4 is 10.0 Å². The Morgan fingerprint density at radius 2 is 2.26 bits per heavy atom. The monoisotopic (exact) mass is 296 g/mol. The molecule has 1 aliphatic heterocycles. The van der Waals surface area contributed by atoms with Gasteiger partial charge in [0.25, 0.3) is 10.0 Å². The number of anilines is 2. The minimum absolute atomic E-state index is 0.253. The molecule has 0 fully saturated rings. The second kappa shape index (κ2) is 4.46. The van der Waals surface area contributed by atoms with Crippen molar-refractivity contribution in [2.75, 3.05) is 16.6 Å². The summed E-state index contributed by atoms with van der Waals surface area (Å²) in [6.07, 6.45) is 0.844. The fourth-order valence-electron chi connectivity index (χ4n) is 1.96. The molecule has 2 aromatic rings. The van der Waals surface area contributed by atoms with Crippen molar-refractivity contribution >= 4 is 32.4 Å². The second-order valence-corrected chi connectivity index (χ2v) is 6.68. The van der Waals surface area contributed by atoms with E-state index in [0.717, 1.165) is 35.7 Å². The predicted molar refractivity (Wildman–Crippen MR) is 74.1 cm³/mol. The summed E-state index contributed by atoms with van der Waals surface area (Å²) in [6, 6.07) is 5.08. The number of benzene rings is 1. The van der Waals surface area contributed by atoms with Crippen molar-refractivity contribution in [3.63, 3.8) is 0 Å². The van der Waals surface area contributed by atoms with Crippen molar-refractivity contribution in [3.05, 3.63) is 29.6 Å². The first-order valence-electron chi connectivity index (χ1n) is 5.74. The largest absolute Gasteiger partial charge is 0.384 e. The van der Waals surface area contributed by atoms with E-state index in [0.29, 0.717) is 5.82 Å². The normalized spacial score (nSPS) is 13.9. The van der Waals surface area contributed by atoms with Crippen molar-refractivity contribution in [1.82, 2.24) is 9.36 Å². The molecule has 0 spiro atoms. The molecule has 3 rings (SSSR count). The minimum atomic E-state index is -3.59. The number of hydrogen-bond donors (Lipinski definition) is 2. The van der Waals surface area contributed by atoms with Crippen LogP contribution in [0.15, 0.2) is 23.1 Å². The van der Waals surface area contributed by atoms with Gasteiger partial charge in [-0.2, -0.15) is 4.37 Å². The minimum Gasteiger partial charge on any atom is -0.384 e. The summed E-state index contributed by atoms with van der Waals surface area (Å²) < 4.78 is 30.8. The number of nitrogens with zero attached hydrogens (tertiary/aromatic N) is 2. The number of sulfonamides is 1. The molecular weight excluding hydrogens is 284 g/mol. The molecule has 1 aromatic carbocycles. The molecule has 1 aromatic heterocycles. The maximum atomic E-state index is 12.2. The van der Waals surface area contributed by atoms with Gasteiger partial charge in [-0.1, -0.05) is 0 Å². The molecule has 1 aliphatic rings. The molecule has 8 heteroatoms. The van der Waals surface area contributed by atoms with Crippen LogP contribution in [0.1, 0.15) is 11.4 Å². The number of fused-ring (bicyclic) bond motifs is 1. The fraction of sp³-hybridized carbons (Fsp3) is 0.273. The molecule has 2 N–H and O–H groups in total. The number of aryl methyl sites for hydroxylation is 1. The van der Waals surface area contributed by atoms with E-state index in [1.54, 1.807) is 25.1 Å². The van der Waals surface area contributed by atoms with E-state index in [9.17, 15) is 8.42 Å². The smallest absolute Gasteiger partial charge is 0.263 e. The summed E-state index contributed by atoms with van der Waals surface area (Å²) in [6.45, 7) is 2.57. The van der Waals surface area contributed by atoms with Gasteiger partial charge in [0.1, 0.15) is 5.82 Å². The fourth-order valence-corrected chi connectivity index (χ4v) is 3.81. The van der Waals surface area contributed by atoms with Gasteiger partial charge >= 0.3 is 0 Å². The van der Waals surface area contributed by atoms with Gasteiger partial charge in [-0.15, -0.1) is 0 Å². The van der Waals surface area contributed by atoms with Crippen molar-refractivity contribution < 1.29 is 8.42 Å². The molecule has 0 bridgehead atoms. The van der Waals surface area contributed by atoms with Gasteiger partial charge in [0, 0.05) is 23.8 Å². The van der Waals surface area contributed by atoms with Crippen LogP contribution >= 0.6 is 11.5 Å². The van der Waals surface area contributed by atoms with Crippen molar-refractivity contribution in [2.45, 2.75) is 18.2 Å². The van der Waals surface area contributed by atoms with Crippen LogP contribution in [0.2, 0.25) is 0 Å². The van der Waals surface area contributed by atoms with Gasteiger partial charge in [0.2, 0.25) is 5.13 Å². The quantitative estimate of drug-likeness (QED) is 0.899. The highest BCUT2D eigenvalue weighted by atomic mass is 32.2. The van der Waals surface area contributed by atoms with Crippen LogP contribution in [0, 0.1) is 6.92 Å². The number of rotatable bonds is 3. The Labute approximate surface area is 115 Å². The van der Waals surface area contributed by atoms with Crippen LogP contribution in [0.5, 0.6) is 0 Å². The van der Waals surface area contributed by atoms with Gasteiger partial charge in [-0.3, -0.25) is 4.72 Å². The van der Waals surface area contributed by atoms with E-state index in [1.807, 2.05) is 0 Å². The molecule has 6 nitrogen and oxygen atoms in total. The Morgan fingerprint density at radius 3 is 3.00 bits per heavy atom. The van der Waals surface area contributed by atoms with Gasteiger partial charge < -0.3 is 5.32 Å². The van der Waals surface area contributed by atoms with Gasteiger partial charge in [-0.05, 0) is 37.1 Å². The zero-order valence-corrected chi connectivity index (χ0v) is 11.8. The number of hydrogen-bond acceptors (Lipinski definition) is 6. The summed E-state index contributed by atoms with van der Waals surface area (Å²) in [5.74, 6) is 0.556. The Kier molecular flexibility index (Phi) is 2.90. The molecule has 0 saturated carbocycles. The van der Waals surface area contributed by atoms with Crippen LogP contribution in [0.4, 0.5) is 10.8 Å². The van der Waals surface area contributed by atoms with Crippen LogP contribution in [-0.4, -0.2) is 24.3 Å². The molecule has 0 radical (unpaired) electrons. The molecule has 0 atom stereocenters. The average Bonchev–Trinajstić information content (AvgIpc) is 2.96. The van der Waals surface area contributed by atoms with Crippen LogP contribution in [0.25, 0.3) is 0 Å². The van der Waals surface area contributed by atoms with E-state index in [-0.39, 0.29) is 10.0 Å². The molecule has 100 valence electrons. The summed E-state index contributed by atoms with van der Waals surface area (Å²) in [4.78, 5) is 4.25. The van der Waals surface area contributed by atoms with E-state index in [2.05, 4.69) is 19.4 Å². The van der Waals surface area contributed by atoms with E-state index >= 15 is 0 Å². The van der Waals surface area contributed by atoms with Gasteiger partial charge in [0.05, 0.1) is 4.90 Å². The number of nitrogens with one attached hydrogen (secondary N) is 2. The SMILES string of the molecule is Cc1nsc(NS(=O)(=O)c2ccc3c(c2)CCN3)n1. The molecule has 0 saturated heterocycles. The molecule has 2 heterocycles. The third-order valence-corrected chi connectivity index (χ3v) is 5.03. The molecule has 19 heavy (non-hydrogen) atoms. The van der Waals surface area contributed by atoms with E-state index < -0.39 is 10.0 Å². The van der Waals surface area contributed by atoms with Crippen molar-refractivity contribution in [2.24, 2.45) is 0 Å². The van der Waals surface area contributed by atoms with E-state index in [4.69, 9.17) is 0 Å². The first-order valence-corrected chi connectivity index (χ1v) is 8.00. The first kappa shape index (κ1) is 12.4. The lowest BCUT2D eigenvalue weighted by atomic mass is 10.2. The maximum absolute atomic E-state index is 12.2. The molecular formula is C11H12N4O2S2. The summed E-state index contributed by atoms with van der Waals surface area (Å²) in [5, 5.41) is 3.48. The average molecular weight is 296 g/mol. The van der Waals surface area contributed by atoms with Gasteiger partial charge in [-0.25, -0.2) is 13.4 Å². The van der Waals surface area contributed by atoms with Crippen LogP contribution in [0.3, 0.4) is 0 Å². The number of aromatic nitrogens is 2. The lowest BCUT2D eigenvalue weighted by molar-refractivity contribution is 0.601. The summed E-state index contributed by atoms with van der Waals surface area (Å²) >= 11 is 1.03. The van der Waals surface area contributed by atoms with Crippen molar-refractivity contribution in [3.8, 4) is 0 Å². The maximum Gasteiger partial charge on any atom is 0.263 e. The third kappa shape index (κ3) is 2.41. The summed E-state index contributed by atoms with van der Waals surface area (Å²) in [5.41, 5.74) is 2.03. The Balaban J connectivity index is 1.92. The molecule has 0 amide bonds. The Hall–Kier alpha value is -1.67. The standard InChI is InChI=1S/C11H12N4O2S2/c1-7-13-11(18-14-7)15-19(16,17)9-2-3-10-8(6-9)4-5-12-10/h2-3,6,12H,4-5H2,1H3,(H,13,14,15).